The Hall–Kier alpha value is -3.46. The second-order valence-electron chi connectivity index (χ2n) is 8.34. The summed E-state index contributed by atoms with van der Waals surface area (Å²) >= 11 is 0. The molecule has 9 heteroatoms. The summed E-state index contributed by atoms with van der Waals surface area (Å²) in [6, 6.07) is 7.68. The molecule has 172 valence electrons. The maximum absolute atomic E-state index is 14.5. The lowest BCUT2D eigenvalue weighted by Crippen LogP contribution is -2.43. The Balaban J connectivity index is 1.65. The Bertz CT molecular complexity index is 1210. The lowest BCUT2D eigenvalue weighted by molar-refractivity contribution is 0.175. The van der Waals surface area contributed by atoms with E-state index in [1.807, 2.05) is 29.9 Å². The monoisotopic (exact) mass is 454 g/mol. The minimum absolute atomic E-state index is 0.0802. The van der Waals surface area contributed by atoms with Crippen molar-refractivity contribution in [2.24, 2.45) is 0 Å². The summed E-state index contributed by atoms with van der Waals surface area (Å²) in [5.41, 5.74) is 2.85. The van der Waals surface area contributed by atoms with Crippen molar-refractivity contribution < 1.29 is 23.0 Å². The minimum atomic E-state index is -1.06. The van der Waals surface area contributed by atoms with Gasteiger partial charge in [-0.2, -0.15) is 9.49 Å². The van der Waals surface area contributed by atoms with Crippen molar-refractivity contribution >= 4 is 11.8 Å². The average molecular weight is 454 g/mol. The number of anilines is 1. The predicted molar refractivity (Wildman–Crippen MR) is 119 cm³/mol. The van der Waals surface area contributed by atoms with Crippen LogP contribution in [0, 0.1) is 11.6 Å². The fraction of sp³-hybridized carbons (Fsp3) is 0.333. The number of benzene rings is 2. The molecule has 1 atom stereocenters. The normalized spacial score (nSPS) is 17.9. The van der Waals surface area contributed by atoms with E-state index < -0.39 is 17.7 Å². The third-order valence-corrected chi connectivity index (χ3v) is 6.29. The Kier molecular flexibility index (Phi) is 5.49. The quantitative estimate of drug-likeness (QED) is 0.621. The van der Waals surface area contributed by atoms with Crippen LogP contribution >= 0.6 is 0 Å². The van der Waals surface area contributed by atoms with E-state index in [2.05, 4.69) is 10.4 Å². The molecule has 0 aliphatic carbocycles. The van der Waals surface area contributed by atoms with Crippen LogP contribution in [0.4, 0.5) is 19.3 Å². The van der Waals surface area contributed by atoms with Crippen LogP contribution in [0.25, 0.3) is 11.1 Å². The van der Waals surface area contributed by atoms with Gasteiger partial charge >= 0.3 is 6.09 Å². The van der Waals surface area contributed by atoms with E-state index in [9.17, 15) is 13.6 Å². The molecule has 0 bridgehead atoms. The van der Waals surface area contributed by atoms with E-state index in [1.54, 1.807) is 11.1 Å². The molecule has 3 aromatic rings. The minimum Gasteiger partial charge on any atom is -0.453 e. The van der Waals surface area contributed by atoms with Crippen molar-refractivity contribution in [1.29, 1.82) is 0 Å². The number of fused-ring (bicyclic) bond motifs is 1. The highest BCUT2D eigenvalue weighted by Crippen LogP contribution is 2.45. The molecule has 2 aromatic carbocycles. The summed E-state index contributed by atoms with van der Waals surface area (Å²) in [4.78, 5) is 14.1. The van der Waals surface area contributed by atoms with Gasteiger partial charge in [-0.15, -0.1) is 0 Å². The largest absolute Gasteiger partial charge is 0.453 e. The third kappa shape index (κ3) is 3.72. The van der Waals surface area contributed by atoms with Gasteiger partial charge in [0.05, 0.1) is 25.0 Å². The second kappa shape index (κ2) is 8.47. The first kappa shape index (κ1) is 21.4. The molecule has 5 rings (SSSR count). The molecular formula is C24H24F2N4O3. The highest BCUT2D eigenvalue weighted by atomic mass is 19.2. The van der Waals surface area contributed by atoms with Gasteiger partial charge in [-0.3, -0.25) is 9.58 Å². The van der Waals surface area contributed by atoms with Crippen LogP contribution in [-0.4, -0.2) is 42.1 Å². The number of rotatable bonds is 4. The number of amides is 1. The van der Waals surface area contributed by atoms with Gasteiger partial charge in [0.1, 0.15) is 5.75 Å². The SMILES string of the molecule is COC(=O)N1c2ccc(-c3cnn(C4CNC4)c3)c(Oc3cccc(F)c3F)c2CC[C@@H]1C. The van der Waals surface area contributed by atoms with E-state index in [0.29, 0.717) is 29.8 Å². The number of carbonyl (C=O) groups excluding carboxylic acids is 1. The molecule has 2 aliphatic heterocycles. The van der Waals surface area contributed by atoms with Crippen LogP contribution in [0.15, 0.2) is 42.7 Å². The van der Waals surface area contributed by atoms with Gasteiger partial charge in [0, 0.05) is 42.0 Å². The maximum Gasteiger partial charge on any atom is 0.414 e. The first-order valence-corrected chi connectivity index (χ1v) is 10.9. The van der Waals surface area contributed by atoms with Crippen LogP contribution in [0.1, 0.15) is 24.9 Å². The summed E-state index contributed by atoms with van der Waals surface area (Å²) in [5.74, 6) is -1.90. The zero-order chi connectivity index (χ0) is 23.1. The van der Waals surface area contributed by atoms with E-state index in [-0.39, 0.29) is 17.8 Å². The number of nitrogens with zero attached hydrogens (tertiary/aromatic N) is 3. The number of hydrogen-bond donors (Lipinski definition) is 1. The summed E-state index contributed by atoms with van der Waals surface area (Å²) in [7, 11) is 1.33. The molecule has 0 saturated carbocycles. The van der Waals surface area contributed by atoms with Crippen molar-refractivity contribution in [1.82, 2.24) is 15.1 Å². The third-order valence-electron chi connectivity index (χ3n) is 6.29. The molecule has 1 saturated heterocycles. The molecule has 3 heterocycles. The summed E-state index contributed by atoms with van der Waals surface area (Å²) < 4.78 is 41.4. The number of methoxy groups -OCH3 is 1. The van der Waals surface area contributed by atoms with Crippen molar-refractivity contribution in [3.05, 3.63) is 59.9 Å². The Labute approximate surface area is 189 Å². The molecule has 1 aromatic heterocycles. The van der Waals surface area contributed by atoms with Crippen molar-refractivity contribution in [3.63, 3.8) is 0 Å². The lowest BCUT2D eigenvalue weighted by Gasteiger charge is -2.35. The molecule has 1 N–H and O–H groups in total. The number of nitrogens with one attached hydrogen (secondary N) is 1. The summed E-state index contributed by atoms with van der Waals surface area (Å²) in [6.45, 7) is 3.63. The zero-order valence-electron chi connectivity index (χ0n) is 18.3. The van der Waals surface area contributed by atoms with Gasteiger partial charge in [0.25, 0.3) is 0 Å². The second-order valence-corrected chi connectivity index (χ2v) is 8.34. The van der Waals surface area contributed by atoms with Crippen LogP contribution in [-0.2, 0) is 11.2 Å². The first-order chi connectivity index (χ1) is 16.0. The van der Waals surface area contributed by atoms with E-state index in [0.717, 1.165) is 30.3 Å². The topological polar surface area (TPSA) is 68.6 Å². The highest BCUT2D eigenvalue weighted by Gasteiger charge is 2.33. The van der Waals surface area contributed by atoms with E-state index >= 15 is 0 Å². The van der Waals surface area contributed by atoms with Gasteiger partial charge in [0.15, 0.2) is 11.6 Å². The standard InChI is InChI=1S/C24H24F2N4O3/c1-14-6-7-18-20(30(14)24(31)32-2)9-8-17(15-10-28-29(13-15)16-11-27-12-16)23(18)33-21-5-3-4-19(25)22(21)26/h3-5,8-10,13-14,16,27H,6-7,11-12H2,1-2H3/t14-/m0/s1. The smallest absolute Gasteiger partial charge is 0.414 e. The molecular weight excluding hydrogens is 430 g/mol. The fourth-order valence-electron chi connectivity index (χ4n) is 4.34. The predicted octanol–water partition coefficient (Wildman–Crippen LogP) is 4.67. The zero-order valence-corrected chi connectivity index (χ0v) is 18.3. The summed E-state index contributed by atoms with van der Waals surface area (Å²) in [5, 5.41) is 7.70. The number of aromatic nitrogens is 2. The van der Waals surface area contributed by atoms with Crippen LogP contribution in [0.5, 0.6) is 11.5 Å². The van der Waals surface area contributed by atoms with Gasteiger partial charge in [-0.1, -0.05) is 6.07 Å². The number of hydrogen-bond acceptors (Lipinski definition) is 5. The number of carbonyl (C=O) groups is 1. The van der Waals surface area contributed by atoms with Crippen molar-refractivity contribution in [3.8, 4) is 22.6 Å². The molecule has 1 amide bonds. The Morgan fingerprint density at radius 3 is 2.76 bits per heavy atom. The number of halogens is 2. The number of ether oxygens (including phenoxy) is 2. The van der Waals surface area contributed by atoms with E-state index in [4.69, 9.17) is 9.47 Å². The molecule has 2 aliphatic rings. The highest BCUT2D eigenvalue weighted by molar-refractivity contribution is 5.92. The first-order valence-electron chi connectivity index (χ1n) is 10.9. The van der Waals surface area contributed by atoms with Crippen LogP contribution < -0.4 is 15.0 Å². The molecule has 0 unspecified atom stereocenters. The molecule has 1 fully saturated rings. The van der Waals surface area contributed by atoms with Gasteiger partial charge in [0.2, 0.25) is 5.82 Å². The van der Waals surface area contributed by atoms with Crippen LogP contribution in [0.2, 0.25) is 0 Å². The molecule has 0 spiro atoms. The molecule has 0 radical (unpaired) electrons. The summed E-state index contributed by atoms with van der Waals surface area (Å²) in [6.07, 6.45) is 4.44. The molecule has 7 nitrogen and oxygen atoms in total. The van der Waals surface area contributed by atoms with Crippen LogP contribution in [0.3, 0.4) is 0 Å². The Morgan fingerprint density at radius 1 is 1.21 bits per heavy atom. The van der Waals surface area contributed by atoms with Gasteiger partial charge < -0.3 is 14.8 Å². The van der Waals surface area contributed by atoms with Gasteiger partial charge in [-0.05, 0) is 44.0 Å². The van der Waals surface area contributed by atoms with Crippen molar-refractivity contribution in [2.75, 3.05) is 25.1 Å². The van der Waals surface area contributed by atoms with Gasteiger partial charge in [-0.25, -0.2) is 9.18 Å². The maximum atomic E-state index is 14.5. The fourth-order valence-corrected chi connectivity index (χ4v) is 4.34. The van der Waals surface area contributed by atoms with E-state index in [1.165, 1.54) is 19.2 Å². The molecule has 33 heavy (non-hydrogen) atoms. The van der Waals surface area contributed by atoms with Crippen molar-refractivity contribution in [2.45, 2.75) is 31.8 Å². The average Bonchev–Trinajstić information content (AvgIpc) is 3.24. The lowest BCUT2D eigenvalue weighted by atomic mass is 9.92. The Morgan fingerprint density at radius 2 is 2.03 bits per heavy atom.